The highest BCUT2D eigenvalue weighted by Crippen LogP contribution is 2.36. The fourth-order valence-corrected chi connectivity index (χ4v) is 1.69. The van der Waals surface area contributed by atoms with Gasteiger partial charge < -0.3 is 9.47 Å². The molecule has 0 unspecified atom stereocenters. The van der Waals surface area contributed by atoms with Crippen molar-refractivity contribution >= 4 is 6.08 Å². The Bertz CT molecular complexity index is 338. The molecule has 0 spiro atoms. The minimum absolute atomic E-state index is 0.670. The lowest BCUT2D eigenvalue weighted by Crippen LogP contribution is -2.26. The zero-order valence-electron chi connectivity index (χ0n) is 7.78. The van der Waals surface area contributed by atoms with Crippen molar-refractivity contribution in [1.82, 2.24) is 0 Å². The summed E-state index contributed by atoms with van der Waals surface area (Å²) in [4.78, 5) is 0. The van der Waals surface area contributed by atoms with Crippen molar-refractivity contribution in [2.45, 2.75) is 5.79 Å². The molecule has 1 aromatic carbocycles. The first-order chi connectivity index (χ1) is 6.32. The van der Waals surface area contributed by atoms with Crippen LogP contribution in [0.1, 0.15) is 11.1 Å². The fourth-order valence-electron chi connectivity index (χ4n) is 1.69. The summed E-state index contributed by atoms with van der Waals surface area (Å²) in [6.45, 7) is 0. The van der Waals surface area contributed by atoms with Crippen LogP contribution in [0.25, 0.3) is 6.08 Å². The Labute approximate surface area is 77.8 Å². The van der Waals surface area contributed by atoms with Gasteiger partial charge in [0.25, 0.3) is 0 Å². The van der Waals surface area contributed by atoms with Gasteiger partial charge in [0, 0.05) is 19.8 Å². The van der Waals surface area contributed by atoms with Crippen molar-refractivity contribution in [3.8, 4) is 0 Å². The van der Waals surface area contributed by atoms with Crippen LogP contribution in [0.4, 0.5) is 0 Å². The zero-order valence-corrected chi connectivity index (χ0v) is 7.78. The van der Waals surface area contributed by atoms with Gasteiger partial charge in [-0.15, -0.1) is 0 Å². The maximum atomic E-state index is 5.37. The summed E-state index contributed by atoms with van der Waals surface area (Å²) in [5, 5.41) is 0. The SMILES string of the molecule is COC1(OC)C=Cc2ccccc21. The van der Waals surface area contributed by atoms with E-state index in [2.05, 4.69) is 0 Å². The topological polar surface area (TPSA) is 18.5 Å². The molecule has 1 aliphatic carbocycles. The molecule has 0 aromatic heterocycles. The molecule has 0 amide bonds. The van der Waals surface area contributed by atoms with Gasteiger partial charge >= 0.3 is 0 Å². The summed E-state index contributed by atoms with van der Waals surface area (Å²) in [5.74, 6) is -0.670. The molecule has 0 N–H and O–H groups in total. The Morgan fingerprint density at radius 1 is 1.08 bits per heavy atom. The van der Waals surface area contributed by atoms with Crippen molar-refractivity contribution < 1.29 is 9.47 Å². The molecular formula is C11H12O2. The first-order valence-corrected chi connectivity index (χ1v) is 4.21. The molecule has 0 radical (unpaired) electrons. The quantitative estimate of drug-likeness (QED) is 0.643. The predicted octanol–water partition coefficient (Wildman–Crippen LogP) is 2.16. The van der Waals surface area contributed by atoms with Crippen molar-refractivity contribution in [2.75, 3.05) is 14.2 Å². The third-order valence-electron chi connectivity index (χ3n) is 2.43. The second-order valence-corrected chi connectivity index (χ2v) is 3.00. The molecule has 2 rings (SSSR count). The van der Waals surface area contributed by atoms with Crippen molar-refractivity contribution in [3.05, 3.63) is 41.5 Å². The van der Waals surface area contributed by atoms with Crippen LogP contribution in [0.5, 0.6) is 0 Å². The molecule has 0 atom stereocenters. The molecule has 68 valence electrons. The van der Waals surface area contributed by atoms with Gasteiger partial charge in [0.05, 0.1) is 0 Å². The number of rotatable bonds is 2. The average Bonchev–Trinajstić information content (AvgIpc) is 2.58. The van der Waals surface area contributed by atoms with E-state index in [0.29, 0.717) is 0 Å². The standard InChI is InChI=1S/C11H12O2/c1-12-11(13-2)8-7-9-5-3-4-6-10(9)11/h3-8H,1-2H3. The molecule has 1 aromatic rings. The molecule has 2 heteroatoms. The maximum Gasteiger partial charge on any atom is 0.215 e. The van der Waals surface area contributed by atoms with E-state index in [1.54, 1.807) is 14.2 Å². The van der Waals surface area contributed by atoms with E-state index in [-0.39, 0.29) is 0 Å². The molecule has 2 nitrogen and oxygen atoms in total. The van der Waals surface area contributed by atoms with E-state index in [9.17, 15) is 0 Å². The first kappa shape index (κ1) is 8.48. The monoisotopic (exact) mass is 176 g/mol. The molecular weight excluding hydrogens is 164 g/mol. The van der Waals surface area contributed by atoms with Gasteiger partial charge in [-0.1, -0.05) is 30.3 Å². The molecule has 0 bridgehead atoms. The highest BCUT2D eigenvalue weighted by molar-refractivity contribution is 5.62. The van der Waals surface area contributed by atoms with Crippen LogP contribution in [0, 0.1) is 0 Å². The van der Waals surface area contributed by atoms with E-state index >= 15 is 0 Å². The Hall–Kier alpha value is -1.12. The van der Waals surface area contributed by atoms with E-state index < -0.39 is 5.79 Å². The molecule has 0 aliphatic heterocycles. The molecule has 0 saturated carbocycles. The fraction of sp³-hybridized carbons (Fsp3) is 0.273. The molecule has 0 saturated heterocycles. The maximum absolute atomic E-state index is 5.37. The lowest BCUT2D eigenvalue weighted by molar-refractivity contribution is -0.175. The van der Waals surface area contributed by atoms with Crippen LogP contribution < -0.4 is 0 Å². The van der Waals surface area contributed by atoms with Crippen LogP contribution in [0.3, 0.4) is 0 Å². The number of hydrogen-bond donors (Lipinski definition) is 0. The number of benzene rings is 1. The van der Waals surface area contributed by atoms with Gasteiger partial charge in [-0.25, -0.2) is 0 Å². The first-order valence-electron chi connectivity index (χ1n) is 4.21. The largest absolute Gasteiger partial charge is 0.346 e. The van der Waals surface area contributed by atoms with E-state index in [0.717, 1.165) is 11.1 Å². The minimum atomic E-state index is -0.670. The summed E-state index contributed by atoms with van der Waals surface area (Å²) >= 11 is 0. The van der Waals surface area contributed by atoms with Crippen LogP contribution in [0.15, 0.2) is 30.3 Å². The van der Waals surface area contributed by atoms with E-state index in [4.69, 9.17) is 9.47 Å². The summed E-state index contributed by atoms with van der Waals surface area (Å²) in [6, 6.07) is 8.05. The van der Waals surface area contributed by atoms with Gasteiger partial charge in [0.1, 0.15) is 0 Å². The minimum Gasteiger partial charge on any atom is -0.346 e. The van der Waals surface area contributed by atoms with E-state index in [1.807, 2.05) is 36.4 Å². The van der Waals surface area contributed by atoms with Gasteiger partial charge in [0.2, 0.25) is 5.79 Å². The predicted molar refractivity (Wildman–Crippen MR) is 51.2 cm³/mol. The lowest BCUT2D eigenvalue weighted by atomic mass is 10.1. The second-order valence-electron chi connectivity index (χ2n) is 3.00. The normalized spacial score (nSPS) is 17.4. The molecule has 13 heavy (non-hydrogen) atoms. The summed E-state index contributed by atoms with van der Waals surface area (Å²) in [5.41, 5.74) is 2.23. The summed E-state index contributed by atoms with van der Waals surface area (Å²) in [6.07, 6.45) is 3.94. The number of methoxy groups -OCH3 is 2. The number of hydrogen-bond acceptors (Lipinski definition) is 2. The van der Waals surface area contributed by atoms with Gasteiger partial charge in [-0.05, 0) is 11.6 Å². The van der Waals surface area contributed by atoms with Crippen molar-refractivity contribution in [2.24, 2.45) is 0 Å². The smallest absolute Gasteiger partial charge is 0.215 e. The Morgan fingerprint density at radius 3 is 2.46 bits per heavy atom. The molecule has 0 fully saturated rings. The third-order valence-corrected chi connectivity index (χ3v) is 2.43. The van der Waals surface area contributed by atoms with Crippen molar-refractivity contribution in [3.63, 3.8) is 0 Å². The van der Waals surface area contributed by atoms with E-state index in [1.165, 1.54) is 0 Å². The average molecular weight is 176 g/mol. The molecule has 0 heterocycles. The third kappa shape index (κ3) is 1.10. The Balaban J connectivity index is 2.53. The van der Waals surface area contributed by atoms with Gasteiger partial charge in [-0.3, -0.25) is 0 Å². The molecule has 1 aliphatic rings. The van der Waals surface area contributed by atoms with Crippen LogP contribution in [-0.4, -0.2) is 14.2 Å². The van der Waals surface area contributed by atoms with Crippen LogP contribution >= 0.6 is 0 Å². The second kappa shape index (κ2) is 2.98. The Kier molecular flexibility index (Phi) is 1.94. The Morgan fingerprint density at radius 2 is 1.77 bits per heavy atom. The van der Waals surface area contributed by atoms with Crippen molar-refractivity contribution in [1.29, 1.82) is 0 Å². The number of ether oxygens (including phenoxy) is 2. The lowest BCUT2D eigenvalue weighted by Gasteiger charge is -2.25. The highest BCUT2D eigenvalue weighted by atomic mass is 16.7. The zero-order chi connectivity index (χ0) is 9.31. The van der Waals surface area contributed by atoms with Gasteiger partial charge in [0.15, 0.2) is 0 Å². The number of fused-ring (bicyclic) bond motifs is 1. The van der Waals surface area contributed by atoms with Crippen LogP contribution in [-0.2, 0) is 15.3 Å². The van der Waals surface area contributed by atoms with Gasteiger partial charge in [-0.2, -0.15) is 0 Å². The van der Waals surface area contributed by atoms with Crippen LogP contribution in [0.2, 0.25) is 0 Å². The summed E-state index contributed by atoms with van der Waals surface area (Å²) in [7, 11) is 3.30. The summed E-state index contributed by atoms with van der Waals surface area (Å²) < 4.78 is 10.7. The highest BCUT2D eigenvalue weighted by Gasteiger charge is 2.34.